The molecule has 1 amide bonds. The second-order valence-electron chi connectivity index (χ2n) is 7.08. The first-order valence-corrected chi connectivity index (χ1v) is 10.5. The normalized spacial score (nSPS) is 30.1. The summed E-state index contributed by atoms with van der Waals surface area (Å²) in [7, 11) is 1.63. The number of Topliss-reactive ketones (excluding diaryl/α,β-unsaturated/α-hetero) is 1. The van der Waals surface area contributed by atoms with Crippen LogP contribution in [0, 0.1) is 5.92 Å². The van der Waals surface area contributed by atoms with E-state index in [1.165, 1.54) is 0 Å². The van der Waals surface area contributed by atoms with Gasteiger partial charge in [0, 0.05) is 23.6 Å². The lowest BCUT2D eigenvalue weighted by atomic mass is 9.70. The summed E-state index contributed by atoms with van der Waals surface area (Å²) in [5, 5.41) is 10.0. The number of hydrogen-bond acceptors (Lipinski definition) is 6. The van der Waals surface area contributed by atoms with Crippen LogP contribution in [0.15, 0.2) is 35.5 Å². The summed E-state index contributed by atoms with van der Waals surface area (Å²) in [6, 6.07) is 7.73. The highest BCUT2D eigenvalue weighted by molar-refractivity contribution is 7.99. The number of ketones is 1. The third-order valence-corrected chi connectivity index (χ3v) is 6.43. The number of carbonyl (C=O) groups is 2. The van der Waals surface area contributed by atoms with E-state index in [0.717, 1.165) is 41.2 Å². The SMILES string of the molecule is CCSC1NC(=O)C2C(NC3=C(C(=O)CCC3)C2c2cccc(OC)c2)N1. The van der Waals surface area contributed by atoms with Gasteiger partial charge in [0.25, 0.3) is 0 Å². The van der Waals surface area contributed by atoms with E-state index in [-0.39, 0.29) is 35.2 Å². The van der Waals surface area contributed by atoms with Crippen molar-refractivity contribution < 1.29 is 14.3 Å². The lowest BCUT2D eigenvalue weighted by Gasteiger charge is -2.47. The van der Waals surface area contributed by atoms with Crippen molar-refractivity contribution in [3.63, 3.8) is 0 Å². The molecule has 2 aliphatic heterocycles. The number of rotatable bonds is 4. The highest BCUT2D eigenvalue weighted by Crippen LogP contribution is 2.44. The Morgan fingerprint density at radius 2 is 2.07 bits per heavy atom. The Morgan fingerprint density at radius 1 is 1.22 bits per heavy atom. The Labute approximate surface area is 163 Å². The number of allylic oxidation sites excluding steroid dienone is 2. The molecule has 1 saturated heterocycles. The Bertz CT molecular complexity index is 794. The van der Waals surface area contributed by atoms with E-state index in [4.69, 9.17) is 4.74 Å². The van der Waals surface area contributed by atoms with Crippen molar-refractivity contribution >= 4 is 23.5 Å². The summed E-state index contributed by atoms with van der Waals surface area (Å²) >= 11 is 1.66. The third-order valence-electron chi connectivity index (χ3n) is 5.51. The quantitative estimate of drug-likeness (QED) is 0.734. The van der Waals surface area contributed by atoms with Crippen molar-refractivity contribution in [2.75, 3.05) is 12.9 Å². The average molecular weight is 388 g/mol. The molecule has 6 nitrogen and oxygen atoms in total. The lowest BCUT2D eigenvalue weighted by Crippen LogP contribution is -2.67. The largest absolute Gasteiger partial charge is 0.497 e. The molecule has 4 atom stereocenters. The molecule has 0 saturated carbocycles. The molecule has 1 aliphatic carbocycles. The topological polar surface area (TPSA) is 79.5 Å². The maximum atomic E-state index is 13.1. The molecule has 0 radical (unpaired) electrons. The fourth-order valence-electron chi connectivity index (χ4n) is 4.37. The Balaban J connectivity index is 1.79. The van der Waals surface area contributed by atoms with Gasteiger partial charge in [0.05, 0.1) is 19.2 Å². The van der Waals surface area contributed by atoms with Gasteiger partial charge in [-0.05, 0) is 36.3 Å². The molecule has 1 fully saturated rings. The predicted molar refractivity (Wildman–Crippen MR) is 105 cm³/mol. The van der Waals surface area contributed by atoms with Gasteiger partial charge in [-0.1, -0.05) is 19.1 Å². The molecule has 27 heavy (non-hydrogen) atoms. The highest BCUT2D eigenvalue weighted by Gasteiger charge is 2.49. The van der Waals surface area contributed by atoms with Crippen LogP contribution in [0.1, 0.15) is 37.7 Å². The van der Waals surface area contributed by atoms with E-state index in [2.05, 4.69) is 22.9 Å². The van der Waals surface area contributed by atoms with Crippen LogP contribution < -0.4 is 20.7 Å². The molecular weight excluding hydrogens is 362 g/mol. The van der Waals surface area contributed by atoms with Gasteiger partial charge in [-0.25, -0.2) is 0 Å². The minimum absolute atomic E-state index is 0.0186. The number of fused-ring (bicyclic) bond motifs is 1. The van der Waals surface area contributed by atoms with E-state index in [0.29, 0.717) is 6.42 Å². The predicted octanol–water partition coefficient (Wildman–Crippen LogP) is 2.09. The summed E-state index contributed by atoms with van der Waals surface area (Å²) < 4.78 is 5.38. The van der Waals surface area contributed by atoms with Gasteiger partial charge >= 0.3 is 0 Å². The Morgan fingerprint density at radius 3 is 2.85 bits per heavy atom. The molecule has 1 aromatic carbocycles. The van der Waals surface area contributed by atoms with Crippen molar-refractivity contribution in [1.29, 1.82) is 0 Å². The molecule has 0 spiro atoms. The van der Waals surface area contributed by atoms with Gasteiger partial charge in [-0.15, -0.1) is 11.8 Å². The molecule has 2 heterocycles. The number of benzene rings is 1. The fourth-order valence-corrected chi connectivity index (χ4v) is 5.14. The Kier molecular flexibility index (Phi) is 5.14. The standard InChI is InChI=1S/C20H25N3O3S/c1-3-27-20-22-18-17(19(25)23-20)15(11-6-4-7-12(10-11)26-2)16-13(21-18)8-5-9-14(16)24/h4,6-7,10,15,17-18,20-22H,3,5,8-9H2,1-2H3,(H,23,25). The first-order valence-electron chi connectivity index (χ1n) is 9.47. The van der Waals surface area contributed by atoms with Crippen molar-refractivity contribution in [1.82, 2.24) is 16.0 Å². The number of hydrogen-bond donors (Lipinski definition) is 3. The van der Waals surface area contributed by atoms with Crippen LogP contribution in [0.2, 0.25) is 0 Å². The van der Waals surface area contributed by atoms with Gasteiger partial charge in [0.2, 0.25) is 5.91 Å². The van der Waals surface area contributed by atoms with Crippen LogP contribution in [-0.2, 0) is 9.59 Å². The molecule has 3 aliphatic rings. The molecular formula is C20H25N3O3S. The smallest absolute Gasteiger partial charge is 0.229 e. The van der Waals surface area contributed by atoms with Crippen molar-refractivity contribution in [3.05, 3.63) is 41.1 Å². The van der Waals surface area contributed by atoms with E-state index in [1.54, 1.807) is 18.9 Å². The van der Waals surface area contributed by atoms with Gasteiger partial charge in [0.1, 0.15) is 11.2 Å². The molecule has 144 valence electrons. The number of methoxy groups -OCH3 is 1. The second-order valence-corrected chi connectivity index (χ2v) is 8.46. The van der Waals surface area contributed by atoms with E-state index >= 15 is 0 Å². The number of thioether (sulfide) groups is 1. The summed E-state index contributed by atoms with van der Waals surface area (Å²) in [5.41, 5.74) is 2.59. The molecule has 0 aromatic heterocycles. The highest BCUT2D eigenvalue weighted by atomic mass is 32.2. The molecule has 1 aromatic rings. The maximum Gasteiger partial charge on any atom is 0.229 e. The monoisotopic (exact) mass is 387 g/mol. The van der Waals surface area contributed by atoms with E-state index < -0.39 is 0 Å². The third kappa shape index (κ3) is 3.34. The zero-order valence-electron chi connectivity index (χ0n) is 15.6. The average Bonchev–Trinajstić information content (AvgIpc) is 2.67. The van der Waals surface area contributed by atoms with Crippen LogP contribution in [0.4, 0.5) is 0 Å². The second kappa shape index (κ2) is 7.56. The minimum Gasteiger partial charge on any atom is -0.497 e. The summed E-state index contributed by atoms with van der Waals surface area (Å²) in [6.07, 6.45) is 2.05. The van der Waals surface area contributed by atoms with Crippen LogP contribution in [-0.4, -0.2) is 36.2 Å². The minimum atomic E-state index is -0.383. The first-order chi connectivity index (χ1) is 13.1. The van der Waals surface area contributed by atoms with Crippen molar-refractivity contribution in [3.8, 4) is 5.75 Å². The molecule has 0 bridgehead atoms. The van der Waals surface area contributed by atoms with Gasteiger partial charge in [-0.2, -0.15) is 0 Å². The Hall–Kier alpha value is -1.99. The zero-order valence-corrected chi connectivity index (χ0v) is 16.4. The number of amides is 1. The van der Waals surface area contributed by atoms with Crippen molar-refractivity contribution in [2.45, 2.75) is 43.8 Å². The molecule has 4 rings (SSSR count). The number of ether oxygens (including phenoxy) is 1. The summed E-state index contributed by atoms with van der Waals surface area (Å²) in [6.45, 7) is 2.07. The molecule has 4 unspecified atom stereocenters. The molecule has 7 heteroatoms. The lowest BCUT2D eigenvalue weighted by molar-refractivity contribution is -0.130. The number of nitrogens with one attached hydrogen (secondary N) is 3. The van der Waals surface area contributed by atoms with Crippen LogP contribution in [0.25, 0.3) is 0 Å². The van der Waals surface area contributed by atoms with Crippen LogP contribution in [0.5, 0.6) is 5.75 Å². The fraction of sp³-hybridized carbons (Fsp3) is 0.500. The van der Waals surface area contributed by atoms with E-state index in [9.17, 15) is 9.59 Å². The van der Waals surface area contributed by atoms with E-state index in [1.807, 2.05) is 24.3 Å². The van der Waals surface area contributed by atoms with Gasteiger partial charge < -0.3 is 15.4 Å². The maximum absolute atomic E-state index is 13.1. The van der Waals surface area contributed by atoms with Crippen molar-refractivity contribution in [2.24, 2.45) is 5.92 Å². The summed E-state index contributed by atoms with van der Waals surface area (Å²) in [4.78, 5) is 25.9. The van der Waals surface area contributed by atoms with Crippen LogP contribution in [0.3, 0.4) is 0 Å². The molecule has 3 N–H and O–H groups in total. The van der Waals surface area contributed by atoms with Gasteiger partial charge in [0.15, 0.2) is 5.78 Å². The van der Waals surface area contributed by atoms with Gasteiger partial charge in [-0.3, -0.25) is 14.9 Å². The summed E-state index contributed by atoms with van der Waals surface area (Å²) in [5.74, 6) is 1.11. The zero-order chi connectivity index (χ0) is 19.0. The van der Waals surface area contributed by atoms with Crippen LogP contribution >= 0.6 is 11.8 Å². The number of carbonyl (C=O) groups excluding carboxylic acids is 2. The first kappa shape index (κ1) is 18.4.